The monoisotopic (exact) mass is 501 g/mol. The number of hydrogen-bond acceptors (Lipinski definition) is 4. The number of nitrogens with one attached hydrogen (secondary N) is 2. The Morgan fingerprint density at radius 3 is 2.10 bits per heavy atom. The van der Waals surface area contributed by atoms with Crippen LogP contribution >= 0.6 is 15.9 Å². The number of primary amides is 1. The van der Waals surface area contributed by atoms with E-state index in [1.165, 1.54) is 36.4 Å². The predicted molar refractivity (Wildman–Crippen MR) is 122 cm³/mol. The van der Waals surface area contributed by atoms with Gasteiger partial charge in [-0.3, -0.25) is 9.59 Å². The third-order valence-corrected chi connectivity index (χ3v) is 6.47. The molecule has 0 aliphatic rings. The molecule has 0 heterocycles. The van der Waals surface area contributed by atoms with Crippen LogP contribution in [0, 0.1) is 0 Å². The van der Waals surface area contributed by atoms with E-state index < -0.39 is 27.9 Å². The molecule has 0 saturated carbocycles. The maximum absolute atomic E-state index is 13.0. The minimum atomic E-state index is -3.94. The van der Waals surface area contributed by atoms with Gasteiger partial charge in [-0.2, -0.15) is 4.72 Å². The van der Waals surface area contributed by atoms with Gasteiger partial charge in [-0.25, -0.2) is 8.42 Å². The highest BCUT2D eigenvalue weighted by molar-refractivity contribution is 9.10. The maximum atomic E-state index is 13.0. The zero-order valence-electron chi connectivity index (χ0n) is 16.3. The van der Waals surface area contributed by atoms with Gasteiger partial charge in [0.2, 0.25) is 21.8 Å². The van der Waals surface area contributed by atoms with Crippen LogP contribution in [0.1, 0.15) is 15.9 Å². The molecule has 3 aromatic carbocycles. The topological polar surface area (TPSA) is 118 Å². The quantitative estimate of drug-likeness (QED) is 0.439. The molecule has 9 heteroatoms. The van der Waals surface area contributed by atoms with Gasteiger partial charge < -0.3 is 11.1 Å². The standard InChI is InChI=1S/C22H20BrN3O4S/c23-17-8-12-19(13-9-17)31(29,30)26-20(14-15-4-2-1-3-5-15)22(28)25-18-10-6-16(7-11-18)21(24)27/h1-13,20,26H,14H2,(H2,24,27)(H,25,28)/t20-/m1/s1. The Hall–Kier alpha value is -3.01. The Balaban J connectivity index is 1.83. The maximum Gasteiger partial charge on any atom is 0.248 e. The number of nitrogens with two attached hydrogens (primary N) is 1. The fourth-order valence-electron chi connectivity index (χ4n) is 2.85. The summed E-state index contributed by atoms with van der Waals surface area (Å²) in [6.07, 6.45) is 0.155. The summed E-state index contributed by atoms with van der Waals surface area (Å²) in [6.45, 7) is 0. The first-order valence-electron chi connectivity index (χ1n) is 9.27. The minimum absolute atomic E-state index is 0.0485. The van der Waals surface area contributed by atoms with Gasteiger partial charge in [0.1, 0.15) is 6.04 Å². The van der Waals surface area contributed by atoms with E-state index in [0.29, 0.717) is 11.3 Å². The summed E-state index contributed by atoms with van der Waals surface area (Å²) in [5.41, 5.74) is 6.74. The molecular weight excluding hydrogens is 482 g/mol. The van der Waals surface area contributed by atoms with Gasteiger partial charge in [-0.1, -0.05) is 46.3 Å². The van der Waals surface area contributed by atoms with Crippen LogP contribution in [0.15, 0.2) is 88.2 Å². The van der Waals surface area contributed by atoms with Crippen molar-refractivity contribution in [1.82, 2.24) is 4.72 Å². The molecule has 0 aliphatic heterocycles. The summed E-state index contributed by atoms with van der Waals surface area (Å²) >= 11 is 3.27. The molecule has 0 saturated heterocycles. The van der Waals surface area contributed by atoms with Crippen molar-refractivity contribution in [2.75, 3.05) is 5.32 Å². The summed E-state index contributed by atoms with van der Waals surface area (Å²) in [5, 5.41) is 2.69. The number of anilines is 1. The van der Waals surface area contributed by atoms with Crippen molar-refractivity contribution in [2.45, 2.75) is 17.4 Å². The number of hydrogen-bond donors (Lipinski definition) is 3. The third kappa shape index (κ3) is 6.24. The second-order valence-electron chi connectivity index (χ2n) is 6.75. The zero-order valence-corrected chi connectivity index (χ0v) is 18.7. The molecule has 0 spiro atoms. The number of sulfonamides is 1. The highest BCUT2D eigenvalue weighted by atomic mass is 79.9. The molecule has 0 unspecified atom stereocenters. The Bertz CT molecular complexity index is 1170. The number of amides is 2. The van der Waals surface area contributed by atoms with Crippen LogP contribution in [0.3, 0.4) is 0 Å². The molecule has 0 aliphatic carbocycles. The van der Waals surface area contributed by atoms with Gasteiger partial charge in [-0.05, 0) is 60.5 Å². The molecule has 3 rings (SSSR count). The molecule has 3 aromatic rings. The first-order valence-corrected chi connectivity index (χ1v) is 11.5. The first kappa shape index (κ1) is 22.7. The van der Waals surface area contributed by atoms with Crippen molar-refractivity contribution in [3.8, 4) is 0 Å². The Morgan fingerprint density at radius 2 is 1.52 bits per heavy atom. The van der Waals surface area contributed by atoms with Crippen molar-refractivity contribution in [3.63, 3.8) is 0 Å². The first-order chi connectivity index (χ1) is 14.7. The lowest BCUT2D eigenvalue weighted by molar-refractivity contribution is -0.117. The van der Waals surface area contributed by atoms with Crippen LogP contribution in [-0.2, 0) is 21.2 Å². The zero-order chi connectivity index (χ0) is 22.4. The van der Waals surface area contributed by atoms with Gasteiger partial charge in [0.25, 0.3) is 0 Å². The Morgan fingerprint density at radius 1 is 0.903 bits per heavy atom. The smallest absolute Gasteiger partial charge is 0.248 e. The van der Waals surface area contributed by atoms with Crippen molar-refractivity contribution in [3.05, 3.63) is 94.5 Å². The Kier molecular flexibility index (Phi) is 7.21. The summed E-state index contributed by atoms with van der Waals surface area (Å²) in [5.74, 6) is -1.11. The molecule has 160 valence electrons. The molecule has 1 atom stereocenters. The van der Waals surface area contributed by atoms with E-state index in [9.17, 15) is 18.0 Å². The summed E-state index contributed by atoms with van der Waals surface area (Å²) < 4.78 is 29.0. The lowest BCUT2D eigenvalue weighted by Gasteiger charge is -2.19. The SMILES string of the molecule is NC(=O)c1ccc(NC(=O)[C@@H](Cc2ccccc2)NS(=O)(=O)c2ccc(Br)cc2)cc1. The molecule has 2 amide bonds. The molecule has 0 radical (unpaired) electrons. The van der Waals surface area contributed by atoms with Crippen molar-refractivity contribution in [2.24, 2.45) is 5.73 Å². The minimum Gasteiger partial charge on any atom is -0.366 e. The lowest BCUT2D eigenvalue weighted by atomic mass is 10.1. The van der Waals surface area contributed by atoms with Gasteiger partial charge in [0, 0.05) is 15.7 Å². The van der Waals surface area contributed by atoms with E-state index in [4.69, 9.17) is 5.73 Å². The van der Waals surface area contributed by atoms with E-state index >= 15 is 0 Å². The fourth-order valence-corrected chi connectivity index (χ4v) is 4.31. The van der Waals surface area contributed by atoms with Gasteiger partial charge >= 0.3 is 0 Å². The second-order valence-corrected chi connectivity index (χ2v) is 9.38. The molecule has 7 nitrogen and oxygen atoms in total. The third-order valence-electron chi connectivity index (χ3n) is 4.46. The van der Waals surface area contributed by atoms with Crippen LogP contribution in [0.25, 0.3) is 0 Å². The van der Waals surface area contributed by atoms with Crippen molar-refractivity contribution >= 4 is 43.5 Å². The lowest BCUT2D eigenvalue weighted by Crippen LogP contribution is -2.45. The van der Waals surface area contributed by atoms with Gasteiger partial charge in [-0.15, -0.1) is 0 Å². The fraction of sp³-hybridized carbons (Fsp3) is 0.0909. The largest absolute Gasteiger partial charge is 0.366 e. The molecule has 4 N–H and O–H groups in total. The molecule has 0 aromatic heterocycles. The second kappa shape index (κ2) is 9.86. The predicted octanol–water partition coefficient (Wildman–Crippen LogP) is 3.08. The van der Waals surface area contributed by atoms with Gasteiger partial charge in [0.15, 0.2) is 0 Å². The highest BCUT2D eigenvalue weighted by Gasteiger charge is 2.26. The number of carbonyl (C=O) groups excluding carboxylic acids is 2. The normalized spacial score (nSPS) is 12.2. The van der Waals surface area contributed by atoms with Crippen LogP contribution in [0.4, 0.5) is 5.69 Å². The molecule has 31 heavy (non-hydrogen) atoms. The van der Waals surface area contributed by atoms with Gasteiger partial charge in [0.05, 0.1) is 4.90 Å². The molecule has 0 fully saturated rings. The molecule has 0 bridgehead atoms. The van der Waals surface area contributed by atoms with Crippen LogP contribution in [0.5, 0.6) is 0 Å². The Labute approximate surface area is 188 Å². The van der Waals surface area contributed by atoms with Crippen LogP contribution in [0.2, 0.25) is 0 Å². The summed E-state index contributed by atoms with van der Waals surface area (Å²) in [4.78, 5) is 24.2. The van der Waals surface area contributed by atoms with Crippen molar-refractivity contribution < 1.29 is 18.0 Å². The molecular formula is C22H20BrN3O4S. The number of carbonyl (C=O) groups is 2. The van der Waals surface area contributed by atoms with E-state index in [-0.39, 0.29) is 11.3 Å². The average Bonchev–Trinajstić information content (AvgIpc) is 2.74. The highest BCUT2D eigenvalue weighted by Crippen LogP contribution is 2.17. The van der Waals surface area contributed by atoms with E-state index in [1.807, 2.05) is 30.3 Å². The number of benzene rings is 3. The van der Waals surface area contributed by atoms with E-state index in [0.717, 1.165) is 10.0 Å². The average molecular weight is 502 g/mol. The van der Waals surface area contributed by atoms with Crippen LogP contribution in [-0.4, -0.2) is 26.3 Å². The number of rotatable bonds is 8. The van der Waals surface area contributed by atoms with E-state index in [1.54, 1.807) is 12.1 Å². The number of halogens is 1. The summed E-state index contributed by atoms with van der Waals surface area (Å²) in [6, 6.07) is 20.2. The van der Waals surface area contributed by atoms with Crippen LogP contribution < -0.4 is 15.8 Å². The van der Waals surface area contributed by atoms with E-state index in [2.05, 4.69) is 26.0 Å². The summed E-state index contributed by atoms with van der Waals surface area (Å²) in [7, 11) is -3.94. The van der Waals surface area contributed by atoms with Crippen molar-refractivity contribution in [1.29, 1.82) is 0 Å².